The summed E-state index contributed by atoms with van der Waals surface area (Å²) in [5, 5.41) is 17.3. The predicted octanol–water partition coefficient (Wildman–Crippen LogP) is 5.86. The minimum Gasteiger partial charge on any atom is -0.507 e. The standard InChI is InChI=1S/C26H29Cl2N7O2/c27-17-7-10-21(20(28)15-17)30-23(37)19-9-8-18(16-22(19)36)29-24-31-25(34-11-3-1-4-12-34)33-26(32-24)35-13-5-2-6-14-35/h7-10,15-16,36H,1-6,11-14H2,(H,30,37)(H,29,31,32,33). The lowest BCUT2D eigenvalue weighted by atomic mass is 10.1. The number of piperidine rings is 2. The quantitative estimate of drug-likeness (QED) is 0.356. The van der Waals surface area contributed by atoms with E-state index in [2.05, 4.69) is 30.4 Å². The van der Waals surface area contributed by atoms with Crippen molar-refractivity contribution < 1.29 is 9.90 Å². The molecule has 3 heterocycles. The number of nitrogens with zero attached hydrogens (tertiary/aromatic N) is 5. The monoisotopic (exact) mass is 541 g/mol. The van der Waals surface area contributed by atoms with Gasteiger partial charge in [0.2, 0.25) is 17.8 Å². The van der Waals surface area contributed by atoms with E-state index in [0.717, 1.165) is 51.9 Å². The molecule has 9 nitrogen and oxygen atoms in total. The molecular formula is C26H29Cl2N7O2. The second kappa shape index (κ2) is 11.4. The van der Waals surface area contributed by atoms with Crippen LogP contribution in [0.1, 0.15) is 48.9 Å². The summed E-state index contributed by atoms with van der Waals surface area (Å²) in [5.41, 5.74) is 1.06. The summed E-state index contributed by atoms with van der Waals surface area (Å²) in [6, 6.07) is 9.48. The molecule has 2 aliphatic rings. The number of aromatic hydroxyl groups is 1. The van der Waals surface area contributed by atoms with E-state index in [-0.39, 0.29) is 11.3 Å². The molecule has 1 amide bonds. The third kappa shape index (κ3) is 6.17. The van der Waals surface area contributed by atoms with Gasteiger partial charge in [0, 0.05) is 43.0 Å². The number of carbonyl (C=O) groups excluding carboxylic acids is 1. The smallest absolute Gasteiger partial charge is 0.259 e. The van der Waals surface area contributed by atoms with Gasteiger partial charge in [-0.1, -0.05) is 23.2 Å². The van der Waals surface area contributed by atoms with Crippen LogP contribution in [0.3, 0.4) is 0 Å². The number of phenolic OH excluding ortho intramolecular Hbond substituents is 1. The van der Waals surface area contributed by atoms with Crippen molar-refractivity contribution in [1.82, 2.24) is 15.0 Å². The van der Waals surface area contributed by atoms with Crippen LogP contribution >= 0.6 is 23.2 Å². The van der Waals surface area contributed by atoms with Crippen LogP contribution in [-0.4, -0.2) is 52.1 Å². The zero-order chi connectivity index (χ0) is 25.8. The van der Waals surface area contributed by atoms with E-state index in [0.29, 0.717) is 39.3 Å². The maximum absolute atomic E-state index is 12.8. The molecule has 0 spiro atoms. The van der Waals surface area contributed by atoms with Crippen LogP contribution in [0, 0.1) is 0 Å². The van der Waals surface area contributed by atoms with Crippen molar-refractivity contribution in [2.45, 2.75) is 38.5 Å². The van der Waals surface area contributed by atoms with Crippen molar-refractivity contribution in [2.24, 2.45) is 0 Å². The zero-order valence-corrected chi connectivity index (χ0v) is 21.9. The Bertz CT molecular complexity index is 1240. The summed E-state index contributed by atoms with van der Waals surface area (Å²) in [6.07, 6.45) is 6.90. The maximum Gasteiger partial charge on any atom is 0.259 e. The van der Waals surface area contributed by atoms with Crippen LogP contribution in [-0.2, 0) is 0 Å². The summed E-state index contributed by atoms with van der Waals surface area (Å²) < 4.78 is 0. The number of phenols is 1. The third-order valence-corrected chi connectivity index (χ3v) is 7.12. The summed E-state index contributed by atoms with van der Waals surface area (Å²) in [4.78, 5) is 31.3. The number of hydrogen-bond acceptors (Lipinski definition) is 8. The number of hydrogen-bond donors (Lipinski definition) is 3. The van der Waals surface area contributed by atoms with E-state index >= 15 is 0 Å². The maximum atomic E-state index is 12.8. The minimum atomic E-state index is -0.492. The summed E-state index contributed by atoms with van der Waals surface area (Å²) in [5.74, 6) is 1.05. The van der Waals surface area contributed by atoms with Gasteiger partial charge in [0.1, 0.15) is 5.75 Å². The third-order valence-electron chi connectivity index (χ3n) is 6.57. The molecule has 2 saturated heterocycles. The molecule has 3 aromatic rings. The zero-order valence-electron chi connectivity index (χ0n) is 20.4. The van der Waals surface area contributed by atoms with Crippen LogP contribution in [0.2, 0.25) is 10.0 Å². The number of nitrogens with one attached hydrogen (secondary N) is 2. The first kappa shape index (κ1) is 25.4. The van der Waals surface area contributed by atoms with Crippen molar-refractivity contribution in [3.63, 3.8) is 0 Å². The average molecular weight is 542 g/mol. The van der Waals surface area contributed by atoms with Crippen molar-refractivity contribution in [2.75, 3.05) is 46.6 Å². The Labute approximate surface area is 225 Å². The van der Waals surface area contributed by atoms with Crippen LogP contribution in [0.15, 0.2) is 36.4 Å². The number of amides is 1. The highest BCUT2D eigenvalue weighted by Crippen LogP contribution is 2.29. The molecule has 2 fully saturated rings. The Morgan fingerprint density at radius 2 is 1.43 bits per heavy atom. The van der Waals surface area contributed by atoms with Gasteiger partial charge in [-0.2, -0.15) is 15.0 Å². The first-order chi connectivity index (χ1) is 18.0. The molecule has 3 N–H and O–H groups in total. The molecule has 0 unspecified atom stereocenters. The van der Waals surface area contributed by atoms with Gasteiger partial charge >= 0.3 is 0 Å². The number of anilines is 5. The molecule has 0 saturated carbocycles. The van der Waals surface area contributed by atoms with Crippen molar-refractivity contribution in [3.8, 4) is 5.75 Å². The highest BCUT2D eigenvalue weighted by Gasteiger charge is 2.21. The van der Waals surface area contributed by atoms with Gasteiger partial charge in [-0.25, -0.2) is 0 Å². The van der Waals surface area contributed by atoms with Crippen molar-refractivity contribution >= 4 is 58.3 Å². The van der Waals surface area contributed by atoms with E-state index in [1.165, 1.54) is 31.0 Å². The molecule has 0 atom stereocenters. The van der Waals surface area contributed by atoms with Gasteiger partial charge < -0.3 is 25.5 Å². The van der Waals surface area contributed by atoms with Crippen LogP contribution in [0.4, 0.5) is 29.2 Å². The number of carbonyl (C=O) groups is 1. The van der Waals surface area contributed by atoms with E-state index < -0.39 is 5.91 Å². The number of benzene rings is 2. The predicted molar refractivity (Wildman–Crippen MR) is 148 cm³/mol. The summed E-state index contributed by atoms with van der Waals surface area (Å²) >= 11 is 12.1. The minimum absolute atomic E-state index is 0.107. The normalized spacial score (nSPS) is 15.9. The summed E-state index contributed by atoms with van der Waals surface area (Å²) in [7, 11) is 0. The van der Waals surface area contributed by atoms with Gasteiger partial charge in [0.25, 0.3) is 5.91 Å². The SMILES string of the molecule is O=C(Nc1ccc(Cl)cc1Cl)c1ccc(Nc2nc(N3CCCCC3)nc(N3CCCCC3)n2)cc1O. The van der Waals surface area contributed by atoms with E-state index in [1.54, 1.807) is 18.2 Å². The Morgan fingerprint density at radius 1 is 0.811 bits per heavy atom. The Balaban J connectivity index is 1.36. The fraction of sp³-hybridized carbons (Fsp3) is 0.385. The Hall–Kier alpha value is -3.30. The molecule has 194 valence electrons. The molecular weight excluding hydrogens is 513 g/mol. The Morgan fingerprint density at radius 3 is 2.00 bits per heavy atom. The molecule has 2 aromatic carbocycles. The molecule has 37 heavy (non-hydrogen) atoms. The van der Waals surface area contributed by atoms with Gasteiger partial charge in [0.15, 0.2) is 0 Å². The second-order valence-corrected chi connectivity index (χ2v) is 10.1. The van der Waals surface area contributed by atoms with Gasteiger partial charge in [-0.15, -0.1) is 0 Å². The molecule has 0 aliphatic carbocycles. The number of halogens is 2. The molecule has 11 heteroatoms. The van der Waals surface area contributed by atoms with Gasteiger partial charge in [-0.3, -0.25) is 4.79 Å². The fourth-order valence-electron chi connectivity index (χ4n) is 4.59. The molecule has 5 rings (SSSR count). The Kier molecular flexibility index (Phi) is 7.81. The highest BCUT2D eigenvalue weighted by molar-refractivity contribution is 6.36. The molecule has 0 bridgehead atoms. The first-order valence-electron chi connectivity index (χ1n) is 12.6. The molecule has 0 radical (unpaired) electrons. The van der Waals surface area contributed by atoms with Crippen molar-refractivity contribution in [1.29, 1.82) is 0 Å². The first-order valence-corrected chi connectivity index (χ1v) is 13.3. The average Bonchev–Trinajstić information content (AvgIpc) is 2.91. The van der Waals surface area contributed by atoms with E-state index in [4.69, 9.17) is 28.2 Å². The van der Waals surface area contributed by atoms with Crippen LogP contribution in [0.25, 0.3) is 0 Å². The van der Waals surface area contributed by atoms with Gasteiger partial charge in [0.05, 0.1) is 16.3 Å². The largest absolute Gasteiger partial charge is 0.507 e. The number of rotatable bonds is 6. The second-order valence-electron chi connectivity index (χ2n) is 9.29. The molecule has 1 aromatic heterocycles. The highest BCUT2D eigenvalue weighted by atomic mass is 35.5. The lowest BCUT2D eigenvalue weighted by molar-refractivity contribution is 0.102. The lowest BCUT2D eigenvalue weighted by Crippen LogP contribution is -2.34. The number of aromatic nitrogens is 3. The molecule has 2 aliphatic heterocycles. The fourth-order valence-corrected chi connectivity index (χ4v) is 5.05. The summed E-state index contributed by atoms with van der Waals surface area (Å²) in [6.45, 7) is 3.69. The lowest BCUT2D eigenvalue weighted by Gasteiger charge is -2.30. The van der Waals surface area contributed by atoms with E-state index in [9.17, 15) is 9.90 Å². The van der Waals surface area contributed by atoms with Crippen molar-refractivity contribution in [3.05, 3.63) is 52.0 Å². The van der Waals surface area contributed by atoms with Gasteiger partial charge in [-0.05, 0) is 68.9 Å². The topological polar surface area (TPSA) is 107 Å². The van der Waals surface area contributed by atoms with E-state index in [1.807, 2.05) is 0 Å². The van der Waals surface area contributed by atoms with Crippen LogP contribution in [0.5, 0.6) is 5.75 Å². The van der Waals surface area contributed by atoms with Crippen LogP contribution < -0.4 is 20.4 Å².